The summed E-state index contributed by atoms with van der Waals surface area (Å²) in [6, 6.07) is 5.83. The van der Waals surface area contributed by atoms with Gasteiger partial charge in [-0.2, -0.15) is 4.37 Å². The van der Waals surface area contributed by atoms with Gasteiger partial charge in [0, 0.05) is 6.54 Å². The van der Waals surface area contributed by atoms with Gasteiger partial charge in [0.2, 0.25) is 5.88 Å². The van der Waals surface area contributed by atoms with Crippen LogP contribution < -0.4 is 14.8 Å². The van der Waals surface area contributed by atoms with Gasteiger partial charge in [-0.05, 0) is 24.6 Å². The van der Waals surface area contributed by atoms with E-state index >= 15 is 0 Å². The van der Waals surface area contributed by atoms with Crippen molar-refractivity contribution in [3.8, 4) is 11.6 Å². The van der Waals surface area contributed by atoms with Crippen molar-refractivity contribution in [2.24, 2.45) is 0 Å². The van der Waals surface area contributed by atoms with Crippen molar-refractivity contribution in [3.05, 3.63) is 30.0 Å². The number of aromatic nitrogens is 2. The van der Waals surface area contributed by atoms with Crippen LogP contribution in [0, 0.1) is 6.92 Å². The minimum atomic E-state index is -0.651. The maximum atomic E-state index is 9.87. The van der Waals surface area contributed by atoms with Gasteiger partial charge >= 0.3 is 0 Å². The molecule has 1 atom stereocenters. The van der Waals surface area contributed by atoms with Crippen LogP contribution in [-0.4, -0.2) is 40.2 Å². The monoisotopic (exact) mass is 295 g/mol. The quantitative estimate of drug-likeness (QED) is 0.810. The van der Waals surface area contributed by atoms with Crippen LogP contribution in [0.5, 0.6) is 11.6 Å². The van der Waals surface area contributed by atoms with Gasteiger partial charge in [-0.1, -0.05) is 6.07 Å². The molecule has 108 valence electrons. The predicted molar refractivity (Wildman–Crippen MR) is 77.6 cm³/mol. The number of aryl methyl sites for hydroxylation is 1. The number of nitrogens with one attached hydrogen (secondary N) is 1. The van der Waals surface area contributed by atoms with Crippen molar-refractivity contribution >= 4 is 17.4 Å². The van der Waals surface area contributed by atoms with Crippen LogP contribution in [0.25, 0.3) is 0 Å². The third-order valence-corrected chi connectivity index (χ3v) is 3.11. The van der Waals surface area contributed by atoms with Crippen LogP contribution >= 0.6 is 11.7 Å². The lowest BCUT2D eigenvalue weighted by Gasteiger charge is -2.15. The molecule has 7 heteroatoms. The number of aliphatic hydroxyl groups excluding tert-OH is 1. The number of methoxy groups -OCH3 is 1. The fourth-order valence-electron chi connectivity index (χ4n) is 1.65. The molecule has 1 unspecified atom stereocenters. The van der Waals surface area contributed by atoms with E-state index in [2.05, 4.69) is 14.1 Å². The Bertz CT molecular complexity index is 534. The van der Waals surface area contributed by atoms with E-state index in [1.807, 2.05) is 25.1 Å². The Balaban J connectivity index is 1.83. The van der Waals surface area contributed by atoms with Crippen LogP contribution in [-0.2, 0) is 0 Å². The molecular weight excluding hydrogens is 278 g/mol. The van der Waals surface area contributed by atoms with Gasteiger partial charge in [0.1, 0.15) is 24.7 Å². The summed E-state index contributed by atoms with van der Waals surface area (Å²) in [4.78, 5) is 0. The molecule has 20 heavy (non-hydrogen) atoms. The van der Waals surface area contributed by atoms with E-state index in [1.165, 1.54) is 6.20 Å². The summed E-state index contributed by atoms with van der Waals surface area (Å²) >= 11 is 1.07. The van der Waals surface area contributed by atoms with Crippen LogP contribution in [0.4, 0.5) is 5.69 Å². The number of ether oxygens (including phenoxy) is 2. The standard InChI is InChI=1S/C13H17N3O3S/c1-9-3-4-12(18-2)11(5-9)14-6-10(17)8-19-13-7-15-20-16-13/h3-5,7,10,14,17H,6,8H2,1-2H3. The number of benzene rings is 1. The SMILES string of the molecule is COc1ccc(C)cc1NCC(O)COc1cnsn1. The summed E-state index contributed by atoms with van der Waals surface area (Å²) < 4.78 is 18.3. The zero-order valence-electron chi connectivity index (χ0n) is 11.4. The average molecular weight is 295 g/mol. The van der Waals surface area contributed by atoms with E-state index in [0.29, 0.717) is 12.4 Å². The first-order valence-corrected chi connectivity index (χ1v) is 6.89. The number of anilines is 1. The van der Waals surface area contributed by atoms with Crippen LogP contribution in [0.3, 0.4) is 0 Å². The van der Waals surface area contributed by atoms with Gasteiger partial charge in [-0.3, -0.25) is 0 Å². The van der Waals surface area contributed by atoms with Crippen LogP contribution in [0.15, 0.2) is 24.4 Å². The minimum Gasteiger partial charge on any atom is -0.495 e. The highest BCUT2D eigenvalue weighted by molar-refractivity contribution is 6.99. The number of nitrogens with zero attached hydrogens (tertiary/aromatic N) is 2. The topological polar surface area (TPSA) is 76.5 Å². The van der Waals surface area contributed by atoms with E-state index < -0.39 is 6.10 Å². The Morgan fingerprint density at radius 3 is 3.00 bits per heavy atom. The van der Waals surface area contributed by atoms with Crippen LogP contribution in [0.1, 0.15) is 5.56 Å². The highest BCUT2D eigenvalue weighted by Crippen LogP contribution is 2.24. The average Bonchev–Trinajstić information content (AvgIpc) is 2.96. The molecule has 0 aliphatic rings. The first-order valence-electron chi connectivity index (χ1n) is 6.16. The molecule has 1 aromatic carbocycles. The van der Waals surface area contributed by atoms with E-state index in [4.69, 9.17) is 9.47 Å². The normalized spacial score (nSPS) is 11.9. The molecule has 0 spiro atoms. The number of hydrogen-bond acceptors (Lipinski definition) is 7. The Morgan fingerprint density at radius 2 is 2.30 bits per heavy atom. The summed E-state index contributed by atoms with van der Waals surface area (Å²) in [7, 11) is 1.62. The maximum absolute atomic E-state index is 9.87. The molecule has 0 fully saturated rings. The molecular formula is C13H17N3O3S. The molecule has 0 saturated carbocycles. The summed E-state index contributed by atoms with van der Waals surface area (Å²) in [5.41, 5.74) is 1.97. The molecule has 2 aromatic rings. The van der Waals surface area contributed by atoms with E-state index in [1.54, 1.807) is 7.11 Å². The second kappa shape index (κ2) is 7.06. The Morgan fingerprint density at radius 1 is 1.45 bits per heavy atom. The molecule has 0 saturated heterocycles. The molecule has 0 aliphatic carbocycles. The van der Waals surface area contributed by atoms with Crippen molar-refractivity contribution in [1.29, 1.82) is 0 Å². The zero-order chi connectivity index (χ0) is 14.4. The van der Waals surface area contributed by atoms with E-state index in [-0.39, 0.29) is 6.61 Å². The molecule has 0 radical (unpaired) electrons. The van der Waals surface area contributed by atoms with Crippen molar-refractivity contribution in [2.75, 3.05) is 25.6 Å². The number of aliphatic hydroxyl groups is 1. The predicted octanol–water partition coefficient (Wildman–Crippen LogP) is 1.71. The molecule has 1 aromatic heterocycles. The van der Waals surface area contributed by atoms with Crippen molar-refractivity contribution < 1.29 is 14.6 Å². The van der Waals surface area contributed by atoms with Crippen LogP contribution in [0.2, 0.25) is 0 Å². The summed E-state index contributed by atoms with van der Waals surface area (Å²) in [5, 5.41) is 13.0. The van der Waals surface area contributed by atoms with Gasteiger partial charge in [0.05, 0.1) is 24.5 Å². The molecule has 2 N–H and O–H groups in total. The van der Waals surface area contributed by atoms with Gasteiger partial charge in [0.25, 0.3) is 0 Å². The Labute approximate surface area is 121 Å². The first-order chi connectivity index (χ1) is 9.69. The third kappa shape index (κ3) is 4.07. The highest BCUT2D eigenvalue weighted by Gasteiger charge is 2.09. The molecule has 0 bridgehead atoms. The van der Waals surface area contributed by atoms with Gasteiger partial charge < -0.3 is 19.9 Å². The fourth-order valence-corrected chi connectivity index (χ4v) is 2.01. The lowest BCUT2D eigenvalue weighted by Crippen LogP contribution is -2.26. The largest absolute Gasteiger partial charge is 0.495 e. The lowest BCUT2D eigenvalue weighted by molar-refractivity contribution is 0.115. The minimum absolute atomic E-state index is 0.159. The summed E-state index contributed by atoms with van der Waals surface area (Å²) in [6.45, 7) is 2.52. The van der Waals surface area contributed by atoms with Gasteiger partial charge in [-0.15, -0.1) is 4.37 Å². The molecule has 0 amide bonds. The lowest BCUT2D eigenvalue weighted by atomic mass is 10.2. The first kappa shape index (κ1) is 14.5. The smallest absolute Gasteiger partial charge is 0.245 e. The van der Waals surface area contributed by atoms with Crippen molar-refractivity contribution in [1.82, 2.24) is 8.75 Å². The number of hydrogen-bond donors (Lipinski definition) is 2. The molecule has 2 rings (SSSR count). The Hall–Kier alpha value is -1.86. The van der Waals surface area contributed by atoms with Crippen molar-refractivity contribution in [2.45, 2.75) is 13.0 Å². The molecule has 0 aliphatic heterocycles. The van der Waals surface area contributed by atoms with E-state index in [9.17, 15) is 5.11 Å². The molecule has 1 heterocycles. The maximum Gasteiger partial charge on any atom is 0.245 e. The fraction of sp³-hybridized carbons (Fsp3) is 0.385. The molecule has 6 nitrogen and oxygen atoms in total. The number of rotatable bonds is 7. The summed E-state index contributed by atoms with van der Waals surface area (Å²) in [6.07, 6.45) is 0.871. The zero-order valence-corrected chi connectivity index (χ0v) is 12.2. The second-order valence-electron chi connectivity index (χ2n) is 4.30. The van der Waals surface area contributed by atoms with Gasteiger partial charge in [-0.25, -0.2) is 0 Å². The van der Waals surface area contributed by atoms with Gasteiger partial charge in [0.15, 0.2) is 0 Å². The highest BCUT2D eigenvalue weighted by atomic mass is 32.1. The second-order valence-corrected chi connectivity index (χ2v) is 4.85. The Kier molecular flexibility index (Phi) is 5.14. The summed E-state index contributed by atoms with van der Waals surface area (Å²) in [5.74, 6) is 1.18. The van der Waals surface area contributed by atoms with E-state index in [0.717, 1.165) is 28.7 Å². The third-order valence-electron chi connectivity index (χ3n) is 2.65. The van der Waals surface area contributed by atoms with Crippen molar-refractivity contribution in [3.63, 3.8) is 0 Å².